The van der Waals surface area contributed by atoms with Crippen LogP contribution in [0.15, 0.2) is 0 Å². The Morgan fingerprint density at radius 2 is 2.10 bits per heavy atom. The highest BCUT2D eigenvalue weighted by Crippen LogP contribution is 2.28. The van der Waals surface area contributed by atoms with Crippen LogP contribution in [0.5, 0.6) is 0 Å². The standard InChI is InChI=1S/C13H22N6S/c1-9-11-12(19(4)16-9)15-13(20-11)14-7-10-8-17(2)5-6-18(10)3/h10H,5-8H2,1-4H3,(H,14,15). The van der Waals surface area contributed by atoms with Gasteiger partial charge >= 0.3 is 0 Å². The molecule has 1 fully saturated rings. The largest absolute Gasteiger partial charge is 0.360 e. The van der Waals surface area contributed by atoms with Crippen molar-refractivity contribution in [3.05, 3.63) is 5.69 Å². The maximum atomic E-state index is 4.64. The lowest BCUT2D eigenvalue weighted by atomic mass is 10.2. The molecule has 0 bridgehead atoms. The molecular formula is C13H22N6S. The maximum Gasteiger partial charge on any atom is 0.185 e. The summed E-state index contributed by atoms with van der Waals surface area (Å²) >= 11 is 1.70. The summed E-state index contributed by atoms with van der Waals surface area (Å²) in [5, 5.41) is 8.88. The van der Waals surface area contributed by atoms with E-state index >= 15 is 0 Å². The predicted molar refractivity (Wildman–Crippen MR) is 83.5 cm³/mol. The second-order valence-electron chi connectivity index (χ2n) is 5.66. The van der Waals surface area contributed by atoms with Crippen LogP contribution in [0.4, 0.5) is 5.13 Å². The first-order valence-corrected chi connectivity index (χ1v) is 7.79. The van der Waals surface area contributed by atoms with Crippen molar-refractivity contribution in [1.29, 1.82) is 0 Å². The summed E-state index contributed by atoms with van der Waals surface area (Å²) < 4.78 is 3.04. The Balaban J connectivity index is 1.69. The van der Waals surface area contributed by atoms with Crippen molar-refractivity contribution in [1.82, 2.24) is 24.6 Å². The van der Waals surface area contributed by atoms with Crippen LogP contribution in [-0.4, -0.2) is 70.9 Å². The van der Waals surface area contributed by atoms with Gasteiger partial charge in [-0.15, -0.1) is 0 Å². The lowest BCUT2D eigenvalue weighted by molar-refractivity contribution is 0.122. The summed E-state index contributed by atoms with van der Waals surface area (Å²) in [4.78, 5) is 9.45. The molecule has 0 saturated carbocycles. The van der Waals surface area contributed by atoms with Gasteiger partial charge in [0.25, 0.3) is 0 Å². The van der Waals surface area contributed by atoms with Gasteiger partial charge in [-0.25, -0.2) is 9.67 Å². The Kier molecular flexibility index (Phi) is 3.66. The van der Waals surface area contributed by atoms with E-state index in [9.17, 15) is 0 Å². The third-order valence-electron chi connectivity index (χ3n) is 4.01. The third-order valence-corrected chi connectivity index (χ3v) is 5.12. The molecule has 1 aliphatic heterocycles. The van der Waals surface area contributed by atoms with Gasteiger partial charge in [-0.05, 0) is 21.0 Å². The molecule has 3 heterocycles. The van der Waals surface area contributed by atoms with Gasteiger partial charge in [-0.2, -0.15) is 5.10 Å². The molecule has 1 aliphatic rings. The van der Waals surface area contributed by atoms with Crippen LogP contribution in [0.3, 0.4) is 0 Å². The van der Waals surface area contributed by atoms with E-state index in [1.54, 1.807) is 11.3 Å². The molecule has 2 aromatic rings. The molecule has 6 nitrogen and oxygen atoms in total. The molecule has 0 aliphatic carbocycles. The van der Waals surface area contributed by atoms with Crippen LogP contribution < -0.4 is 5.32 Å². The first-order valence-electron chi connectivity index (χ1n) is 6.97. The lowest BCUT2D eigenvalue weighted by Crippen LogP contribution is -2.52. The van der Waals surface area contributed by atoms with Gasteiger partial charge in [-0.3, -0.25) is 4.90 Å². The number of likely N-dealkylation sites (N-methyl/N-ethyl adjacent to an activating group) is 2. The minimum Gasteiger partial charge on any atom is -0.360 e. The summed E-state index contributed by atoms with van der Waals surface area (Å²) in [6.45, 7) is 6.36. The van der Waals surface area contributed by atoms with Gasteiger partial charge in [0.15, 0.2) is 10.8 Å². The van der Waals surface area contributed by atoms with E-state index in [1.165, 1.54) is 4.70 Å². The van der Waals surface area contributed by atoms with Crippen LogP contribution in [0, 0.1) is 6.92 Å². The van der Waals surface area contributed by atoms with Gasteiger partial charge in [0.2, 0.25) is 0 Å². The topological polar surface area (TPSA) is 49.2 Å². The number of aryl methyl sites for hydroxylation is 2. The fraction of sp³-hybridized carbons (Fsp3) is 0.692. The van der Waals surface area contributed by atoms with Crippen molar-refractivity contribution in [2.75, 3.05) is 45.6 Å². The van der Waals surface area contributed by atoms with E-state index < -0.39 is 0 Å². The maximum absolute atomic E-state index is 4.64. The number of rotatable bonds is 3. The van der Waals surface area contributed by atoms with Gasteiger partial charge in [0, 0.05) is 39.3 Å². The first-order chi connectivity index (χ1) is 9.54. The fourth-order valence-corrected chi connectivity index (χ4v) is 3.63. The summed E-state index contributed by atoms with van der Waals surface area (Å²) in [5.41, 5.74) is 2.03. The normalized spacial score (nSPS) is 21.7. The molecule has 20 heavy (non-hydrogen) atoms. The molecule has 1 unspecified atom stereocenters. The number of piperazine rings is 1. The van der Waals surface area contributed by atoms with Crippen molar-refractivity contribution < 1.29 is 0 Å². The highest BCUT2D eigenvalue weighted by molar-refractivity contribution is 7.22. The molecule has 1 N–H and O–H groups in total. The van der Waals surface area contributed by atoms with Crippen molar-refractivity contribution in [3.8, 4) is 0 Å². The Morgan fingerprint density at radius 1 is 1.30 bits per heavy atom. The van der Waals surface area contributed by atoms with Crippen LogP contribution in [0.25, 0.3) is 10.3 Å². The third kappa shape index (κ3) is 2.53. The van der Waals surface area contributed by atoms with Crippen molar-refractivity contribution in [2.45, 2.75) is 13.0 Å². The van der Waals surface area contributed by atoms with E-state index in [4.69, 9.17) is 0 Å². The number of nitrogens with one attached hydrogen (secondary N) is 1. The number of nitrogens with zero attached hydrogens (tertiary/aromatic N) is 5. The molecule has 0 radical (unpaired) electrons. The second kappa shape index (κ2) is 5.31. The van der Waals surface area contributed by atoms with Crippen molar-refractivity contribution in [2.24, 2.45) is 7.05 Å². The fourth-order valence-electron chi connectivity index (χ4n) is 2.69. The minimum atomic E-state index is 0.542. The number of hydrogen-bond acceptors (Lipinski definition) is 6. The number of aromatic nitrogens is 3. The van der Waals surface area contributed by atoms with Crippen LogP contribution in [-0.2, 0) is 7.05 Å². The molecule has 0 spiro atoms. The van der Waals surface area contributed by atoms with Crippen LogP contribution >= 0.6 is 11.3 Å². The molecule has 1 atom stereocenters. The van der Waals surface area contributed by atoms with E-state index in [2.05, 4.69) is 39.3 Å². The van der Waals surface area contributed by atoms with Gasteiger partial charge in [0.05, 0.1) is 10.4 Å². The zero-order valence-corrected chi connectivity index (χ0v) is 13.4. The monoisotopic (exact) mass is 294 g/mol. The Morgan fingerprint density at radius 3 is 2.85 bits per heavy atom. The predicted octanol–water partition coefficient (Wildman–Crippen LogP) is 0.996. The smallest absolute Gasteiger partial charge is 0.185 e. The van der Waals surface area contributed by atoms with Crippen molar-refractivity contribution >= 4 is 26.8 Å². The molecule has 3 rings (SSSR count). The number of fused-ring (bicyclic) bond motifs is 1. The Labute approximate surface area is 123 Å². The van der Waals surface area contributed by atoms with Gasteiger partial charge in [0.1, 0.15) is 0 Å². The summed E-state index contributed by atoms with van der Waals surface area (Å²) in [7, 11) is 6.33. The zero-order valence-electron chi connectivity index (χ0n) is 12.6. The summed E-state index contributed by atoms with van der Waals surface area (Å²) in [6, 6.07) is 0.542. The average Bonchev–Trinajstić information content (AvgIpc) is 2.93. The molecule has 0 amide bonds. The summed E-state index contributed by atoms with van der Waals surface area (Å²) in [5.74, 6) is 0. The molecule has 110 valence electrons. The zero-order chi connectivity index (χ0) is 14.3. The van der Waals surface area contributed by atoms with Gasteiger partial charge < -0.3 is 10.2 Å². The molecular weight excluding hydrogens is 272 g/mol. The molecule has 7 heteroatoms. The number of anilines is 1. The highest BCUT2D eigenvalue weighted by atomic mass is 32.1. The van der Waals surface area contributed by atoms with E-state index in [0.29, 0.717) is 6.04 Å². The Hall–Kier alpha value is -1.18. The second-order valence-corrected chi connectivity index (χ2v) is 6.66. The first kappa shape index (κ1) is 13.8. The lowest BCUT2D eigenvalue weighted by Gasteiger charge is -2.37. The number of hydrogen-bond donors (Lipinski definition) is 1. The van der Waals surface area contributed by atoms with Gasteiger partial charge in [-0.1, -0.05) is 11.3 Å². The molecule has 0 aromatic carbocycles. The summed E-state index contributed by atoms with van der Waals surface area (Å²) in [6.07, 6.45) is 0. The van der Waals surface area contributed by atoms with E-state index in [1.807, 2.05) is 18.7 Å². The average molecular weight is 294 g/mol. The number of thiazole rings is 1. The van der Waals surface area contributed by atoms with E-state index in [-0.39, 0.29) is 0 Å². The van der Waals surface area contributed by atoms with Crippen LogP contribution in [0.1, 0.15) is 5.69 Å². The minimum absolute atomic E-state index is 0.542. The SMILES string of the molecule is Cc1nn(C)c2nc(NCC3CN(C)CCN3C)sc12. The highest BCUT2D eigenvalue weighted by Gasteiger charge is 2.22. The van der Waals surface area contributed by atoms with Crippen molar-refractivity contribution in [3.63, 3.8) is 0 Å². The van der Waals surface area contributed by atoms with E-state index in [0.717, 1.165) is 42.7 Å². The quantitative estimate of drug-likeness (QED) is 0.915. The molecule has 2 aromatic heterocycles. The Bertz CT molecular complexity index is 569. The molecule has 1 saturated heterocycles. The van der Waals surface area contributed by atoms with Crippen LogP contribution in [0.2, 0.25) is 0 Å².